The molecule has 2 aromatic rings. The molecular weight excluding hydrogens is 375 g/mol. The Morgan fingerprint density at radius 2 is 1.89 bits per heavy atom. The van der Waals surface area contributed by atoms with Gasteiger partial charge in [0, 0.05) is 22.3 Å². The fraction of sp³-hybridized carbons (Fsp3) is 0.105. The van der Waals surface area contributed by atoms with Gasteiger partial charge in [-0.15, -0.1) is 0 Å². The molecule has 0 saturated heterocycles. The smallest absolute Gasteiger partial charge is 0.277 e. The molecule has 0 atom stereocenters. The van der Waals surface area contributed by atoms with E-state index in [1.54, 1.807) is 0 Å². The largest absolute Gasteiger partial charge is 0.395 e. The van der Waals surface area contributed by atoms with Gasteiger partial charge in [0.05, 0.1) is 18.7 Å². The maximum absolute atomic E-state index is 14.0. The first-order chi connectivity index (χ1) is 12.9. The van der Waals surface area contributed by atoms with Crippen molar-refractivity contribution in [3.05, 3.63) is 76.2 Å². The third kappa shape index (κ3) is 3.74. The third-order valence-electron chi connectivity index (χ3n) is 3.95. The van der Waals surface area contributed by atoms with E-state index in [1.807, 2.05) is 0 Å². The van der Waals surface area contributed by atoms with Crippen molar-refractivity contribution in [2.24, 2.45) is 0 Å². The van der Waals surface area contributed by atoms with Crippen molar-refractivity contribution in [3.63, 3.8) is 0 Å². The van der Waals surface area contributed by atoms with E-state index >= 15 is 0 Å². The van der Waals surface area contributed by atoms with Crippen LogP contribution in [0.4, 0.5) is 10.1 Å². The molecule has 2 N–H and O–H groups in total. The van der Waals surface area contributed by atoms with Crippen LogP contribution in [0.1, 0.15) is 15.9 Å². The highest BCUT2D eigenvalue weighted by molar-refractivity contribution is 6.31. The molecule has 6 nitrogen and oxygen atoms in total. The molecule has 2 amide bonds. The Bertz CT molecular complexity index is 974. The van der Waals surface area contributed by atoms with Crippen LogP contribution in [-0.2, 0) is 9.59 Å². The number of nitrogens with one attached hydrogen (secondary N) is 1. The van der Waals surface area contributed by atoms with E-state index in [-0.39, 0.29) is 40.7 Å². The van der Waals surface area contributed by atoms with Gasteiger partial charge in [0.15, 0.2) is 5.78 Å². The van der Waals surface area contributed by atoms with Crippen LogP contribution >= 0.6 is 11.6 Å². The van der Waals surface area contributed by atoms with Crippen molar-refractivity contribution < 1.29 is 23.9 Å². The molecular formula is C19H14ClFN2O4. The summed E-state index contributed by atoms with van der Waals surface area (Å²) in [4.78, 5) is 37.8. The Labute approximate surface area is 158 Å². The number of carbonyl (C=O) groups is 3. The number of rotatable bonds is 6. The number of aliphatic hydroxyl groups is 1. The van der Waals surface area contributed by atoms with E-state index in [0.717, 1.165) is 11.0 Å². The van der Waals surface area contributed by atoms with E-state index in [4.69, 9.17) is 16.7 Å². The highest BCUT2D eigenvalue weighted by atomic mass is 35.5. The molecule has 8 heteroatoms. The van der Waals surface area contributed by atoms with Crippen molar-refractivity contribution in [2.45, 2.75) is 0 Å². The Kier molecular flexibility index (Phi) is 5.34. The molecule has 2 aromatic carbocycles. The van der Waals surface area contributed by atoms with Gasteiger partial charge in [-0.3, -0.25) is 19.3 Å². The van der Waals surface area contributed by atoms with Gasteiger partial charge in [0.25, 0.3) is 11.8 Å². The molecule has 0 saturated carbocycles. The van der Waals surface area contributed by atoms with Gasteiger partial charge in [0.1, 0.15) is 11.5 Å². The van der Waals surface area contributed by atoms with E-state index in [2.05, 4.69) is 5.32 Å². The number of halogens is 2. The van der Waals surface area contributed by atoms with Crippen molar-refractivity contribution in [1.29, 1.82) is 0 Å². The third-order valence-corrected chi connectivity index (χ3v) is 4.18. The van der Waals surface area contributed by atoms with Gasteiger partial charge in [-0.05, 0) is 30.3 Å². The van der Waals surface area contributed by atoms with Crippen LogP contribution in [0.15, 0.2) is 54.2 Å². The fourth-order valence-corrected chi connectivity index (χ4v) is 2.83. The number of aliphatic hydroxyl groups excluding tert-OH is 1. The van der Waals surface area contributed by atoms with Crippen LogP contribution in [0, 0.1) is 5.82 Å². The highest BCUT2D eigenvalue weighted by Crippen LogP contribution is 2.27. The lowest BCUT2D eigenvalue weighted by atomic mass is 10.0. The standard InChI is InChI=1S/C19H14ClFN2O4/c20-11-5-6-15(22-16-10-17(25)23(7-8-24)19(16)27)13(9-11)18(26)12-3-1-2-4-14(12)21/h1-6,9-10,22,24H,7-8H2. The molecule has 1 heterocycles. The van der Waals surface area contributed by atoms with Gasteiger partial charge in [-0.25, -0.2) is 4.39 Å². The first-order valence-corrected chi connectivity index (χ1v) is 8.34. The predicted molar refractivity (Wildman–Crippen MR) is 96.8 cm³/mol. The first kappa shape index (κ1) is 18.8. The lowest BCUT2D eigenvalue weighted by Gasteiger charge is -2.15. The fourth-order valence-electron chi connectivity index (χ4n) is 2.66. The van der Waals surface area contributed by atoms with Gasteiger partial charge >= 0.3 is 0 Å². The van der Waals surface area contributed by atoms with Crippen molar-refractivity contribution in [3.8, 4) is 0 Å². The summed E-state index contributed by atoms with van der Waals surface area (Å²) in [7, 11) is 0. The number of amides is 2. The molecule has 1 aliphatic rings. The Balaban J connectivity index is 1.95. The zero-order valence-electron chi connectivity index (χ0n) is 13.9. The summed E-state index contributed by atoms with van der Waals surface area (Å²) in [6.45, 7) is -0.502. The normalized spacial score (nSPS) is 13.7. The summed E-state index contributed by atoms with van der Waals surface area (Å²) >= 11 is 5.98. The molecule has 3 rings (SSSR count). The number of ketones is 1. The van der Waals surface area contributed by atoms with Crippen molar-refractivity contribution in [2.75, 3.05) is 18.5 Å². The number of β-amino-alcohol motifs (C(OH)–C–C–N with tert-alkyl or cyclic N) is 1. The molecule has 0 bridgehead atoms. The number of benzene rings is 2. The van der Waals surface area contributed by atoms with Crippen LogP contribution < -0.4 is 5.32 Å². The average Bonchev–Trinajstić information content (AvgIpc) is 2.91. The molecule has 138 valence electrons. The number of anilines is 1. The van der Waals surface area contributed by atoms with Crippen LogP contribution in [0.5, 0.6) is 0 Å². The summed E-state index contributed by atoms with van der Waals surface area (Å²) in [5, 5.41) is 11.9. The molecule has 1 aliphatic heterocycles. The summed E-state index contributed by atoms with van der Waals surface area (Å²) in [6.07, 6.45) is 1.07. The lowest BCUT2D eigenvalue weighted by Crippen LogP contribution is -2.34. The first-order valence-electron chi connectivity index (χ1n) is 7.96. The molecule has 0 aromatic heterocycles. The summed E-state index contributed by atoms with van der Waals surface area (Å²) in [5.74, 6) is -2.52. The minimum absolute atomic E-state index is 0.0503. The van der Waals surface area contributed by atoms with Gasteiger partial charge in [0.2, 0.25) is 0 Å². The van der Waals surface area contributed by atoms with E-state index in [9.17, 15) is 18.8 Å². The zero-order valence-corrected chi connectivity index (χ0v) is 14.7. The maximum Gasteiger partial charge on any atom is 0.277 e. The van der Waals surface area contributed by atoms with Crippen molar-refractivity contribution in [1.82, 2.24) is 4.90 Å². The van der Waals surface area contributed by atoms with Crippen LogP contribution in [-0.4, -0.2) is 40.8 Å². The Hall–Kier alpha value is -3.03. The van der Waals surface area contributed by atoms with Gasteiger partial charge in [-0.2, -0.15) is 0 Å². The SMILES string of the molecule is O=C(c1ccccc1F)c1cc(Cl)ccc1NC1=CC(=O)N(CCO)C1=O. The number of hydrogen-bond donors (Lipinski definition) is 2. The summed E-state index contributed by atoms with van der Waals surface area (Å²) in [6, 6.07) is 9.81. The van der Waals surface area contributed by atoms with Crippen LogP contribution in [0.25, 0.3) is 0 Å². The number of imide groups is 1. The molecule has 0 unspecified atom stereocenters. The van der Waals surface area contributed by atoms with E-state index in [1.165, 1.54) is 42.5 Å². The molecule has 27 heavy (non-hydrogen) atoms. The topological polar surface area (TPSA) is 86.7 Å². The molecule has 0 fully saturated rings. The number of hydrogen-bond acceptors (Lipinski definition) is 5. The van der Waals surface area contributed by atoms with Crippen LogP contribution in [0.2, 0.25) is 5.02 Å². The summed E-state index contributed by atoms with van der Waals surface area (Å²) < 4.78 is 14.0. The minimum Gasteiger partial charge on any atom is -0.395 e. The predicted octanol–water partition coefficient (Wildman–Crippen LogP) is 2.37. The van der Waals surface area contributed by atoms with E-state index < -0.39 is 23.4 Å². The average molecular weight is 389 g/mol. The van der Waals surface area contributed by atoms with Crippen LogP contribution in [0.3, 0.4) is 0 Å². The monoisotopic (exact) mass is 388 g/mol. The zero-order chi connectivity index (χ0) is 19.6. The number of nitrogens with zero attached hydrogens (tertiary/aromatic N) is 1. The molecule has 0 aliphatic carbocycles. The Morgan fingerprint density at radius 3 is 2.59 bits per heavy atom. The second kappa shape index (κ2) is 7.69. The van der Waals surface area contributed by atoms with Gasteiger partial charge < -0.3 is 10.4 Å². The maximum atomic E-state index is 14.0. The number of carbonyl (C=O) groups excluding carboxylic acids is 3. The lowest BCUT2D eigenvalue weighted by molar-refractivity contribution is -0.137. The Morgan fingerprint density at radius 1 is 1.15 bits per heavy atom. The highest BCUT2D eigenvalue weighted by Gasteiger charge is 2.31. The van der Waals surface area contributed by atoms with E-state index in [0.29, 0.717) is 0 Å². The minimum atomic E-state index is -0.686. The quantitative estimate of drug-likeness (QED) is 0.586. The summed E-state index contributed by atoms with van der Waals surface area (Å²) in [5.41, 5.74) is 0.0474. The molecule has 0 spiro atoms. The molecule has 0 radical (unpaired) electrons. The van der Waals surface area contributed by atoms with Gasteiger partial charge in [-0.1, -0.05) is 23.7 Å². The second-order valence-corrected chi connectivity index (χ2v) is 6.14. The van der Waals surface area contributed by atoms with Crippen molar-refractivity contribution >= 4 is 34.9 Å². The second-order valence-electron chi connectivity index (χ2n) is 5.70.